The lowest BCUT2D eigenvalue weighted by molar-refractivity contribution is 0.404. The first-order valence-electron chi connectivity index (χ1n) is 6.65. The second-order valence-corrected chi connectivity index (χ2v) is 5.07. The van der Waals surface area contributed by atoms with E-state index in [0.717, 1.165) is 31.7 Å². The van der Waals surface area contributed by atoms with Crippen molar-refractivity contribution in [2.45, 2.75) is 46.2 Å². The summed E-state index contributed by atoms with van der Waals surface area (Å²) in [6, 6.07) is 4.63. The lowest BCUT2D eigenvalue weighted by Crippen LogP contribution is -2.20. The Morgan fingerprint density at radius 2 is 2.06 bits per heavy atom. The summed E-state index contributed by atoms with van der Waals surface area (Å²) in [4.78, 5) is 0. The summed E-state index contributed by atoms with van der Waals surface area (Å²) in [6.07, 6.45) is 2.18. The van der Waals surface area contributed by atoms with Gasteiger partial charge in [-0.05, 0) is 45.7 Å². The van der Waals surface area contributed by atoms with E-state index in [1.165, 1.54) is 16.7 Å². The SMILES string of the molecule is COc1c(C)cc(C)cc1CNCCCC(C)N. The van der Waals surface area contributed by atoms with Crippen LogP contribution in [0.4, 0.5) is 0 Å². The molecule has 3 N–H and O–H groups in total. The molecule has 102 valence electrons. The van der Waals surface area contributed by atoms with Crippen molar-refractivity contribution in [1.82, 2.24) is 5.32 Å². The molecule has 18 heavy (non-hydrogen) atoms. The fourth-order valence-corrected chi connectivity index (χ4v) is 2.24. The van der Waals surface area contributed by atoms with E-state index in [4.69, 9.17) is 10.5 Å². The highest BCUT2D eigenvalue weighted by molar-refractivity contribution is 5.43. The van der Waals surface area contributed by atoms with Crippen LogP contribution in [0.3, 0.4) is 0 Å². The van der Waals surface area contributed by atoms with Gasteiger partial charge in [0.15, 0.2) is 0 Å². The Labute approximate surface area is 111 Å². The van der Waals surface area contributed by atoms with Gasteiger partial charge in [0.25, 0.3) is 0 Å². The minimum atomic E-state index is 0.294. The summed E-state index contributed by atoms with van der Waals surface area (Å²) < 4.78 is 5.47. The van der Waals surface area contributed by atoms with Gasteiger partial charge in [0.2, 0.25) is 0 Å². The van der Waals surface area contributed by atoms with Crippen molar-refractivity contribution in [3.8, 4) is 5.75 Å². The molecule has 1 atom stereocenters. The van der Waals surface area contributed by atoms with Crippen LogP contribution >= 0.6 is 0 Å². The van der Waals surface area contributed by atoms with Gasteiger partial charge in [-0.2, -0.15) is 0 Å². The first kappa shape index (κ1) is 15.0. The van der Waals surface area contributed by atoms with E-state index in [0.29, 0.717) is 6.04 Å². The maximum absolute atomic E-state index is 5.72. The minimum absolute atomic E-state index is 0.294. The van der Waals surface area contributed by atoms with Crippen molar-refractivity contribution in [3.05, 3.63) is 28.8 Å². The molecule has 0 spiro atoms. The highest BCUT2D eigenvalue weighted by Gasteiger charge is 2.06. The van der Waals surface area contributed by atoms with Crippen molar-refractivity contribution < 1.29 is 4.74 Å². The highest BCUT2D eigenvalue weighted by atomic mass is 16.5. The molecule has 0 amide bonds. The minimum Gasteiger partial charge on any atom is -0.496 e. The van der Waals surface area contributed by atoms with Gasteiger partial charge in [-0.15, -0.1) is 0 Å². The largest absolute Gasteiger partial charge is 0.496 e. The second-order valence-electron chi connectivity index (χ2n) is 5.07. The maximum Gasteiger partial charge on any atom is 0.126 e. The Bertz CT molecular complexity index is 375. The predicted octanol–water partition coefficient (Wildman–Crippen LogP) is 2.53. The van der Waals surface area contributed by atoms with Crippen molar-refractivity contribution in [2.75, 3.05) is 13.7 Å². The molecule has 0 aliphatic heterocycles. The molecule has 0 aromatic heterocycles. The molecular formula is C15H26N2O. The molecule has 1 unspecified atom stereocenters. The van der Waals surface area contributed by atoms with Crippen LogP contribution in [0.1, 0.15) is 36.5 Å². The van der Waals surface area contributed by atoms with Gasteiger partial charge in [0, 0.05) is 18.2 Å². The number of methoxy groups -OCH3 is 1. The Kier molecular flexibility index (Phi) is 6.16. The topological polar surface area (TPSA) is 47.3 Å². The van der Waals surface area contributed by atoms with Gasteiger partial charge in [0.05, 0.1) is 7.11 Å². The van der Waals surface area contributed by atoms with Crippen LogP contribution in [0.15, 0.2) is 12.1 Å². The lowest BCUT2D eigenvalue weighted by atomic mass is 10.1. The Morgan fingerprint density at radius 1 is 1.33 bits per heavy atom. The van der Waals surface area contributed by atoms with Gasteiger partial charge in [-0.1, -0.05) is 17.7 Å². The number of hydrogen-bond donors (Lipinski definition) is 2. The van der Waals surface area contributed by atoms with Crippen LogP contribution in [0.2, 0.25) is 0 Å². The van der Waals surface area contributed by atoms with Crippen LogP contribution in [0.25, 0.3) is 0 Å². The molecule has 3 heteroatoms. The van der Waals surface area contributed by atoms with E-state index in [2.05, 4.69) is 31.3 Å². The van der Waals surface area contributed by atoms with E-state index in [1.54, 1.807) is 7.11 Å². The average molecular weight is 250 g/mol. The molecule has 0 bridgehead atoms. The van der Waals surface area contributed by atoms with Gasteiger partial charge in [-0.3, -0.25) is 0 Å². The second kappa shape index (κ2) is 7.39. The van der Waals surface area contributed by atoms with Crippen molar-refractivity contribution >= 4 is 0 Å². The third kappa shape index (κ3) is 4.67. The Hall–Kier alpha value is -1.06. The molecule has 0 fully saturated rings. The molecule has 0 aliphatic carbocycles. The predicted molar refractivity (Wildman–Crippen MR) is 77.1 cm³/mol. The summed E-state index contributed by atoms with van der Waals surface area (Å²) in [5.41, 5.74) is 9.43. The maximum atomic E-state index is 5.72. The standard InChI is InChI=1S/C15H26N2O/c1-11-8-12(2)15(18-4)14(9-11)10-17-7-5-6-13(3)16/h8-9,13,17H,5-7,10,16H2,1-4H3. The number of ether oxygens (including phenoxy) is 1. The molecule has 3 nitrogen and oxygen atoms in total. The van der Waals surface area contributed by atoms with Gasteiger partial charge in [-0.25, -0.2) is 0 Å². The monoisotopic (exact) mass is 250 g/mol. The zero-order valence-corrected chi connectivity index (χ0v) is 12.0. The number of aryl methyl sites for hydroxylation is 2. The average Bonchev–Trinajstić information content (AvgIpc) is 2.27. The zero-order valence-electron chi connectivity index (χ0n) is 12.0. The summed E-state index contributed by atoms with van der Waals surface area (Å²) in [5.74, 6) is 1.00. The van der Waals surface area contributed by atoms with Crippen LogP contribution in [0.5, 0.6) is 5.75 Å². The van der Waals surface area contributed by atoms with Crippen LogP contribution in [-0.4, -0.2) is 19.7 Å². The highest BCUT2D eigenvalue weighted by Crippen LogP contribution is 2.24. The van der Waals surface area contributed by atoms with E-state index in [9.17, 15) is 0 Å². The Morgan fingerprint density at radius 3 is 2.67 bits per heavy atom. The van der Waals surface area contributed by atoms with Gasteiger partial charge >= 0.3 is 0 Å². The quantitative estimate of drug-likeness (QED) is 0.731. The smallest absolute Gasteiger partial charge is 0.126 e. The van der Waals surface area contributed by atoms with Crippen molar-refractivity contribution in [2.24, 2.45) is 5.73 Å². The summed E-state index contributed by atoms with van der Waals surface area (Å²) in [6.45, 7) is 8.10. The molecule has 0 saturated heterocycles. The van der Waals surface area contributed by atoms with E-state index < -0.39 is 0 Å². The number of rotatable bonds is 7. The first-order chi connectivity index (χ1) is 8.54. The van der Waals surface area contributed by atoms with Crippen LogP contribution < -0.4 is 15.8 Å². The molecule has 1 aromatic rings. The lowest BCUT2D eigenvalue weighted by Gasteiger charge is -2.13. The molecule has 0 saturated carbocycles. The van der Waals surface area contributed by atoms with Crippen LogP contribution in [0, 0.1) is 13.8 Å². The van der Waals surface area contributed by atoms with Crippen LogP contribution in [-0.2, 0) is 6.54 Å². The summed E-state index contributed by atoms with van der Waals surface area (Å²) in [7, 11) is 1.73. The van der Waals surface area contributed by atoms with Gasteiger partial charge in [0.1, 0.15) is 5.75 Å². The number of hydrogen-bond acceptors (Lipinski definition) is 3. The number of nitrogens with one attached hydrogen (secondary N) is 1. The first-order valence-corrected chi connectivity index (χ1v) is 6.65. The van der Waals surface area contributed by atoms with Gasteiger partial charge < -0.3 is 15.8 Å². The van der Waals surface area contributed by atoms with Crippen molar-refractivity contribution in [1.29, 1.82) is 0 Å². The fourth-order valence-electron chi connectivity index (χ4n) is 2.24. The number of nitrogens with two attached hydrogens (primary N) is 1. The molecule has 0 aliphatic rings. The third-order valence-electron chi connectivity index (χ3n) is 3.03. The molecule has 0 radical (unpaired) electrons. The fraction of sp³-hybridized carbons (Fsp3) is 0.600. The van der Waals surface area contributed by atoms with E-state index in [1.807, 2.05) is 6.92 Å². The molecule has 1 aromatic carbocycles. The molecule has 1 rings (SSSR count). The van der Waals surface area contributed by atoms with Crippen molar-refractivity contribution in [3.63, 3.8) is 0 Å². The summed E-state index contributed by atoms with van der Waals surface area (Å²) >= 11 is 0. The summed E-state index contributed by atoms with van der Waals surface area (Å²) in [5, 5.41) is 3.45. The number of benzene rings is 1. The Balaban J connectivity index is 2.51. The normalized spacial score (nSPS) is 12.5. The zero-order chi connectivity index (χ0) is 13.5. The van der Waals surface area contributed by atoms with E-state index >= 15 is 0 Å². The molecular weight excluding hydrogens is 224 g/mol. The molecule has 0 heterocycles. The third-order valence-corrected chi connectivity index (χ3v) is 3.03. The van der Waals surface area contributed by atoms with E-state index in [-0.39, 0.29) is 0 Å².